The molecule has 2 aliphatic heterocycles. The van der Waals surface area contributed by atoms with Gasteiger partial charge in [0.25, 0.3) is 0 Å². The number of rotatable bonds is 6. The molecule has 3 aromatic rings. The van der Waals surface area contributed by atoms with Gasteiger partial charge in [-0.3, -0.25) is 4.90 Å². The average Bonchev–Trinajstić information content (AvgIpc) is 2.85. The number of piperazine rings is 1. The zero-order valence-corrected chi connectivity index (χ0v) is 18.6. The van der Waals surface area contributed by atoms with Gasteiger partial charge in [0.05, 0.1) is 13.2 Å². The molecule has 32 heavy (non-hydrogen) atoms. The Hall–Kier alpha value is -2.88. The van der Waals surface area contributed by atoms with Gasteiger partial charge in [-0.2, -0.15) is 0 Å². The normalized spacial score (nSPS) is 18.2. The Bertz CT molecular complexity index is 1050. The van der Waals surface area contributed by atoms with E-state index in [1.165, 1.54) is 5.69 Å². The average molecular weight is 435 g/mol. The Balaban J connectivity index is 1.38. The van der Waals surface area contributed by atoms with Gasteiger partial charge in [0.1, 0.15) is 5.52 Å². The van der Waals surface area contributed by atoms with E-state index in [0.717, 1.165) is 77.0 Å². The quantitative estimate of drug-likeness (QED) is 0.622. The van der Waals surface area contributed by atoms with Crippen LogP contribution in [0, 0.1) is 0 Å². The molecule has 0 saturated carbocycles. The highest BCUT2D eigenvalue weighted by atomic mass is 16.5. The smallest absolute Gasteiger partial charge is 0.184 e. The van der Waals surface area contributed by atoms with Gasteiger partial charge in [-0.15, -0.1) is 0 Å². The van der Waals surface area contributed by atoms with Crippen LogP contribution >= 0.6 is 0 Å². The van der Waals surface area contributed by atoms with Crippen molar-refractivity contribution in [1.82, 2.24) is 29.7 Å². The van der Waals surface area contributed by atoms with E-state index in [2.05, 4.69) is 61.3 Å². The van der Waals surface area contributed by atoms with Crippen LogP contribution in [0.2, 0.25) is 0 Å². The van der Waals surface area contributed by atoms with E-state index in [4.69, 9.17) is 14.7 Å². The number of likely N-dealkylation sites (N-methyl/N-ethyl adjacent to an activating group) is 1. The van der Waals surface area contributed by atoms with E-state index in [1.807, 2.05) is 0 Å². The van der Waals surface area contributed by atoms with Gasteiger partial charge in [0.2, 0.25) is 0 Å². The summed E-state index contributed by atoms with van der Waals surface area (Å²) in [6, 6.07) is 8.49. The lowest BCUT2D eigenvalue weighted by Gasteiger charge is -2.34. The second kappa shape index (κ2) is 9.72. The van der Waals surface area contributed by atoms with Crippen LogP contribution in [0.1, 0.15) is 0 Å². The summed E-state index contributed by atoms with van der Waals surface area (Å²) in [5.41, 5.74) is 3.51. The van der Waals surface area contributed by atoms with Crippen molar-refractivity contribution in [2.75, 3.05) is 82.8 Å². The molecule has 0 unspecified atom stereocenters. The summed E-state index contributed by atoms with van der Waals surface area (Å²) in [5, 5.41) is 3.48. The van der Waals surface area contributed by atoms with Crippen molar-refractivity contribution in [3.8, 4) is 11.4 Å². The number of anilines is 2. The number of morpholine rings is 1. The molecule has 2 aromatic heterocycles. The Morgan fingerprint density at radius 3 is 2.62 bits per heavy atom. The second-order valence-corrected chi connectivity index (χ2v) is 8.35. The van der Waals surface area contributed by atoms with Gasteiger partial charge in [-0.05, 0) is 19.2 Å². The summed E-state index contributed by atoms with van der Waals surface area (Å²) in [6.07, 6.45) is 3.36. The molecule has 5 rings (SSSR count). The maximum absolute atomic E-state index is 5.44. The maximum Gasteiger partial charge on any atom is 0.184 e. The molecule has 0 amide bonds. The van der Waals surface area contributed by atoms with E-state index < -0.39 is 0 Å². The maximum atomic E-state index is 5.44. The minimum absolute atomic E-state index is 0.608. The number of nitrogens with zero attached hydrogens (tertiary/aromatic N) is 7. The van der Waals surface area contributed by atoms with Gasteiger partial charge in [-0.25, -0.2) is 19.9 Å². The minimum Gasteiger partial charge on any atom is -0.379 e. The molecule has 0 spiro atoms. The first-order valence-electron chi connectivity index (χ1n) is 11.3. The molecule has 0 atom stereocenters. The van der Waals surface area contributed by atoms with Crippen LogP contribution in [0.4, 0.5) is 11.5 Å². The molecular formula is C23H30N8O. The van der Waals surface area contributed by atoms with Gasteiger partial charge in [0.15, 0.2) is 17.3 Å². The summed E-state index contributed by atoms with van der Waals surface area (Å²) >= 11 is 0. The molecule has 0 bridgehead atoms. The Morgan fingerprint density at radius 2 is 1.78 bits per heavy atom. The summed E-state index contributed by atoms with van der Waals surface area (Å²) in [7, 11) is 2.17. The molecule has 9 nitrogen and oxygen atoms in total. The zero-order chi connectivity index (χ0) is 21.8. The highest BCUT2D eigenvalue weighted by Crippen LogP contribution is 2.26. The fraction of sp³-hybridized carbons (Fsp3) is 0.478. The summed E-state index contributed by atoms with van der Waals surface area (Å²) < 4.78 is 5.44. The predicted molar refractivity (Wildman–Crippen MR) is 126 cm³/mol. The third-order valence-corrected chi connectivity index (χ3v) is 6.13. The first-order valence-corrected chi connectivity index (χ1v) is 11.3. The lowest BCUT2D eigenvalue weighted by atomic mass is 10.1. The van der Waals surface area contributed by atoms with Gasteiger partial charge in [-0.1, -0.05) is 12.1 Å². The lowest BCUT2D eigenvalue weighted by molar-refractivity contribution is 0.0398. The second-order valence-electron chi connectivity index (χ2n) is 8.35. The molecule has 1 N–H and O–H groups in total. The topological polar surface area (TPSA) is 82.5 Å². The number of nitrogens with one attached hydrogen (secondary N) is 1. The van der Waals surface area contributed by atoms with Gasteiger partial charge < -0.3 is 19.9 Å². The SMILES string of the molecule is CN1CCN(c2cccc(-c3nc(NCCN4CCOCC4)c4nccnc4n3)c2)CC1. The van der Waals surface area contributed by atoms with Crippen LogP contribution in [-0.4, -0.2) is 102 Å². The number of aromatic nitrogens is 4. The van der Waals surface area contributed by atoms with Crippen molar-refractivity contribution in [1.29, 1.82) is 0 Å². The van der Waals surface area contributed by atoms with Gasteiger partial charge in [0, 0.05) is 76.0 Å². The number of fused-ring (bicyclic) bond motifs is 1. The highest BCUT2D eigenvalue weighted by Gasteiger charge is 2.17. The molecule has 4 heterocycles. The molecule has 2 fully saturated rings. The standard InChI is InChI=1S/C23H30N8O/c1-29-9-11-31(12-10-29)19-4-2-3-18(17-19)21-27-22-20(24-5-6-25-22)23(28-21)26-7-8-30-13-15-32-16-14-30/h2-6,17H,7-16H2,1H3,(H,25,26,27,28). The van der Waals surface area contributed by atoms with Crippen LogP contribution in [0.3, 0.4) is 0 Å². The van der Waals surface area contributed by atoms with E-state index >= 15 is 0 Å². The third kappa shape index (κ3) is 4.79. The molecule has 9 heteroatoms. The molecule has 2 aliphatic rings. The first kappa shape index (κ1) is 21.0. The first-order chi connectivity index (χ1) is 15.8. The largest absolute Gasteiger partial charge is 0.379 e. The van der Waals surface area contributed by atoms with Crippen molar-refractivity contribution >= 4 is 22.7 Å². The van der Waals surface area contributed by atoms with Crippen molar-refractivity contribution < 1.29 is 4.74 Å². The zero-order valence-electron chi connectivity index (χ0n) is 18.6. The summed E-state index contributed by atoms with van der Waals surface area (Å²) in [5.74, 6) is 1.40. The molecule has 0 radical (unpaired) electrons. The van der Waals surface area contributed by atoms with Crippen LogP contribution < -0.4 is 10.2 Å². The fourth-order valence-electron chi connectivity index (χ4n) is 4.18. The van der Waals surface area contributed by atoms with Crippen molar-refractivity contribution in [3.63, 3.8) is 0 Å². The Labute approximate surface area is 188 Å². The van der Waals surface area contributed by atoms with Crippen LogP contribution in [0.25, 0.3) is 22.6 Å². The number of hydrogen-bond donors (Lipinski definition) is 1. The Morgan fingerprint density at radius 1 is 0.969 bits per heavy atom. The molecular weight excluding hydrogens is 404 g/mol. The highest BCUT2D eigenvalue weighted by molar-refractivity contribution is 5.84. The van der Waals surface area contributed by atoms with Crippen molar-refractivity contribution in [2.24, 2.45) is 0 Å². The third-order valence-electron chi connectivity index (χ3n) is 6.13. The van der Waals surface area contributed by atoms with Gasteiger partial charge >= 0.3 is 0 Å². The molecule has 0 aliphatic carbocycles. The lowest BCUT2D eigenvalue weighted by Crippen LogP contribution is -2.44. The number of ether oxygens (including phenoxy) is 1. The Kier molecular flexibility index (Phi) is 6.38. The van der Waals surface area contributed by atoms with E-state index in [0.29, 0.717) is 17.0 Å². The van der Waals surface area contributed by atoms with Crippen LogP contribution in [0.15, 0.2) is 36.7 Å². The summed E-state index contributed by atoms with van der Waals surface area (Å²) in [6.45, 7) is 9.45. The fourth-order valence-corrected chi connectivity index (χ4v) is 4.18. The number of benzene rings is 1. The predicted octanol–water partition coefficient (Wildman–Crippen LogP) is 1.58. The number of hydrogen-bond acceptors (Lipinski definition) is 9. The minimum atomic E-state index is 0.608. The van der Waals surface area contributed by atoms with E-state index in [-0.39, 0.29) is 0 Å². The molecule has 1 aromatic carbocycles. The summed E-state index contributed by atoms with van der Waals surface area (Å²) in [4.78, 5) is 25.7. The monoisotopic (exact) mass is 434 g/mol. The molecule has 168 valence electrons. The van der Waals surface area contributed by atoms with Crippen molar-refractivity contribution in [2.45, 2.75) is 0 Å². The van der Waals surface area contributed by atoms with Crippen LogP contribution in [-0.2, 0) is 4.74 Å². The molecule has 2 saturated heterocycles. The van der Waals surface area contributed by atoms with Crippen LogP contribution in [0.5, 0.6) is 0 Å². The van der Waals surface area contributed by atoms with Crippen molar-refractivity contribution in [3.05, 3.63) is 36.7 Å². The van der Waals surface area contributed by atoms with E-state index in [1.54, 1.807) is 12.4 Å². The van der Waals surface area contributed by atoms with E-state index in [9.17, 15) is 0 Å².